The molecule has 1 N–H and O–H groups in total. The smallest absolute Gasteiger partial charge is 0.134 e. The van der Waals surface area contributed by atoms with E-state index in [1.807, 2.05) is 37.3 Å². The van der Waals surface area contributed by atoms with Crippen molar-refractivity contribution in [3.63, 3.8) is 0 Å². The first-order valence-electron chi connectivity index (χ1n) is 7.17. The number of fused-ring (bicyclic) bond motifs is 1. The first-order chi connectivity index (χ1) is 10.2. The van der Waals surface area contributed by atoms with Crippen LogP contribution in [-0.4, -0.2) is 6.54 Å². The van der Waals surface area contributed by atoms with E-state index >= 15 is 0 Å². The van der Waals surface area contributed by atoms with Crippen molar-refractivity contribution >= 4 is 22.6 Å². The summed E-state index contributed by atoms with van der Waals surface area (Å²) in [7, 11) is 0. The minimum atomic E-state index is -0.0326. The largest absolute Gasteiger partial charge is 0.459 e. The van der Waals surface area contributed by atoms with Crippen molar-refractivity contribution in [1.82, 2.24) is 5.32 Å². The fraction of sp³-hybridized carbons (Fsp3) is 0.222. The zero-order chi connectivity index (χ0) is 14.8. The summed E-state index contributed by atoms with van der Waals surface area (Å²) in [5.41, 5.74) is 3.03. The number of para-hydroxylation sites is 1. The summed E-state index contributed by atoms with van der Waals surface area (Å²) >= 11 is 6.49. The molecule has 0 saturated carbocycles. The van der Waals surface area contributed by atoms with Crippen LogP contribution in [0.15, 0.2) is 52.9 Å². The quantitative estimate of drug-likeness (QED) is 0.725. The Bertz CT molecular complexity index is 730. The molecular formula is C18H18ClNO. The van der Waals surface area contributed by atoms with Crippen molar-refractivity contribution in [2.75, 3.05) is 6.54 Å². The highest BCUT2D eigenvalue weighted by atomic mass is 35.5. The maximum absolute atomic E-state index is 6.49. The Morgan fingerprint density at radius 2 is 1.95 bits per heavy atom. The van der Waals surface area contributed by atoms with Crippen LogP contribution in [0.2, 0.25) is 5.02 Å². The summed E-state index contributed by atoms with van der Waals surface area (Å²) < 4.78 is 6.01. The van der Waals surface area contributed by atoms with E-state index in [9.17, 15) is 0 Å². The van der Waals surface area contributed by atoms with Crippen LogP contribution >= 0.6 is 11.6 Å². The van der Waals surface area contributed by atoms with Crippen molar-refractivity contribution in [2.24, 2.45) is 0 Å². The van der Waals surface area contributed by atoms with Crippen molar-refractivity contribution in [2.45, 2.75) is 19.9 Å². The lowest BCUT2D eigenvalue weighted by molar-refractivity contribution is 0.477. The fourth-order valence-corrected chi connectivity index (χ4v) is 2.84. The van der Waals surface area contributed by atoms with Gasteiger partial charge in [-0.2, -0.15) is 0 Å². The normalized spacial score (nSPS) is 12.7. The molecule has 1 aromatic heterocycles. The van der Waals surface area contributed by atoms with Gasteiger partial charge in [0.25, 0.3) is 0 Å². The van der Waals surface area contributed by atoms with Gasteiger partial charge in [0.05, 0.1) is 6.04 Å². The molecule has 1 heterocycles. The third-order valence-corrected chi connectivity index (χ3v) is 4.19. The number of aryl methyl sites for hydroxylation is 1. The Balaban J connectivity index is 2.10. The van der Waals surface area contributed by atoms with Gasteiger partial charge in [-0.25, -0.2) is 0 Å². The Hall–Kier alpha value is -1.77. The lowest BCUT2D eigenvalue weighted by Crippen LogP contribution is -2.22. The molecule has 1 unspecified atom stereocenters. The summed E-state index contributed by atoms with van der Waals surface area (Å²) in [5, 5.41) is 5.37. The number of hydrogen-bond acceptors (Lipinski definition) is 2. The van der Waals surface area contributed by atoms with Crippen LogP contribution in [-0.2, 0) is 0 Å². The van der Waals surface area contributed by atoms with E-state index in [0.29, 0.717) is 0 Å². The van der Waals surface area contributed by atoms with Crippen molar-refractivity contribution in [3.8, 4) is 0 Å². The van der Waals surface area contributed by atoms with Crippen LogP contribution in [0.4, 0.5) is 0 Å². The van der Waals surface area contributed by atoms with Gasteiger partial charge in [0.2, 0.25) is 0 Å². The Morgan fingerprint density at radius 1 is 1.14 bits per heavy atom. The average Bonchev–Trinajstić information content (AvgIpc) is 2.91. The van der Waals surface area contributed by atoms with Crippen molar-refractivity contribution in [1.29, 1.82) is 0 Å². The van der Waals surface area contributed by atoms with E-state index in [1.54, 1.807) is 0 Å². The van der Waals surface area contributed by atoms with Crippen molar-refractivity contribution in [3.05, 3.63) is 70.4 Å². The van der Waals surface area contributed by atoms with Gasteiger partial charge >= 0.3 is 0 Å². The van der Waals surface area contributed by atoms with Gasteiger partial charge in [-0.3, -0.25) is 0 Å². The summed E-state index contributed by atoms with van der Waals surface area (Å²) in [4.78, 5) is 0. The Morgan fingerprint density at radius 3 is 2.71 bits per heavy atom. The minimum Gasteiger partial charge on any atom is -0.459 e. The summed E-state index contributed by atoms with van der Waals surface area (Å²) in [6.07, 6.45) is 0. The van der Waals surface area contributed by atoms with Crippen LogP contribution in [0.3, 0.4) is 0 Å². The van der Waals surface area contributed by atoms with E-state index in [2.05, 4.69) is 30.4 Å². The highest BCUT2D eigenvalue weighted by molar-refractivity contribution is 6.32. The number of nitrogens with one attached hydrogen (secondary N) is 1. The predicted octanol–water partition coefficient (Wildman–Crippen LogP) is 5.09. The lowest BCUT2D eigenvalue weighted by Gasteiger charge is -2.18. The second kappa shape index (κ2) is 5.92. The van der Waals surface area contributed by atoms with Gasteiger partial charge < -0.3 is 9.73 Å². The Labute approximate surface area is 129 Å². The van der Waals surface area contributed by atoms with Gasteiger partial charge in [-0.05, 0) is 36.7 Å². The van der Waals surface area contributed by atoms with Gasteiger partial charge in [-0.15, -0.1) is 0 Å². The monoisotopic (exact) mass is 299 g/mol. The SMILES string of the molecule is CCNC(c1cc2ccccc2o1)c1cccc(C)c1Cl. The van der Waals surface area contributed by atoms with Crippen LogP contribution in [0, 0.1) is 6.92 Å². The predicted molar refractivity (Wildman–Crippen MR) is 87.9 cm³/mol. The molecule has 1 atom stereocenters. The van der Waals surface area contributed by atoms with Gasteiger partial charge in [-0.1, -0.05) is 54.9 Å². The highest BCUT2D eigenvalue weighted by Gasteiger charge is 2.20. The van der Waals surface area contributed by atoms with E-state index in [1.165, 1.54) is 0 Å². The summed E-state index contributed by atoms with van der Waals surface area (Å²) in [6.45, 7) is 4.94. The third-order valence-electron chi connectivity index (χ3n) is 3.67. The van der Waals surface area contributed by atoms with Crippen LogP contribution in [0.5, 0.6) is 0 Å². The minimum absolute atomic E-state index is 0.0326. The molecular weight excluding hydrogens is 282 g/mol. The molecule has 2 aromatic carbocycles. The molecule has 0 saturated heterocycles. The van der Waals surface area contributed by atoms with Crippen LogP contribution < -0.4 is 5.32 Å². The molecule has 2 nitrogen and oxygen atoms in total. The lowest BCUT2D eigenvalue weighted by atomic mass is 10.0. The third kappa shape index (κ3) is 2.69. The zero-order valence-electron chi connectivity index (χ0n) is 12.2. The molecule has 3 aromatic rings. The van der Waals surface area contributed by atoms with E-state index in [0.717, 1.165) is 39.4 Å². The average molecular weight is 300 g/mol. The molecule has 0 amide bonds. The zero-order valence-corrected chi connectivity index (χ0v) is 12.9. The molecule has 21 heavy (non-hydrogen) atoms. The Kier molecular flexibility index (Phi) is 4.00. The maximum atomic E-state index is 6.49. The van der Waals surface area contributed by atoms with Gasteiger partial charge in [0.1, 0.15) is 11.3 Å². The van der Waals surface area contributed by atoms with E-state index in [4.69, 9.17) is 16.0 Å². The highest BCUT2D eigenvalue weighted by Crippen LogP contribution is 2.33. The first-order valence-corrected chi connectivity index (χ1v) is 7.55. The molecule has 0 fully saturated rings. The number of furan rings is 1. The molecule has 0 bridgehead atoms. The molecule has 0 aliphatic rings. The van der Waals surface area contributed by atoms with Gasteiger partial charge in [0, 0.05) is 10.4 Å². The molecule has 3 rings (SSSR count). The number of halogens is 1. The fourth-order valence-electron chi connectivity index (χ4n) is 2.61. The maximum Gasteiger partial charge on any atom is 0.134 e. The number of rotatable bonds is 4. The molecule has 108 valence electrons. The second-order valence-corrected chi connectivity index (χ2v) is 5.53. The standard InChI is InChI=1S/C18H18ClNO/c1-3-20-18(14-9-6-7-12(2)17(14)19)16-11-13-8-4-5-10-15(13)21-16/h4-11,18,20H,3H2,1-2H3. The van der Waals surface area contributed by atoms with Crippen LogP contribution in [0.25, 0.3) is 11.0 Å². The van der Waals surface area contributed by atoms with Crippen LogP contribution in [0.1, 0.15) is 29.9 Å². The molecule has 3 heteroatoms. The second-order valence-electron chi connectivity index (χ2n) is 5.16. The molecule has 0 spiro atoms. The number of benzene rings is 2. The topological polar surface area (TPSA) is 25.2 Å². The van der Waals surface area contributed by atoms with E-state index in [-0.39, 0.29) is 6.04 Å². The van der Waals surface area contributed by atoms with Gasteiger partial charge in [0.15, 0.2) is 0 Å². The number of hydrogen-bond donors (Lipinski definition) is 1. The first kappa shape index (κ1) is 14.2. The molecule has 0 aliphatic carbocycles. The molecule has 0 radical (unpaired) electrons. The summed E-state index contributed by atoms with van der Waals surface area (Å²) in [6, 6.07) is 16.2. The summed E-state index contributed by atoms with van der Waals surface area (Å²) in [5.74, 6) is 0.894. The van der Waals surface area contributed by atoms with E-state index < -0.39 is 0 Å². The molecule has 0 aliphatic heterocycles. The van der Waals surface area contributed by atoms with Crippen molar-refractivity contribution < 1.29 is 4.42 Å².